The SMILES string of the molecule is O=C(Nc1ccccc1F)C1CCN(S(=O)(=O)Cc2ccc(Br)cc2)CC1. The molecule has 1 N–H and O–H groups in total. The van der Waals surface area contributed by atoms with E-state index in [1.807, 2.05) is 12.1 Å². The fourth-order valence-corrected chi connectivity index (χ4v) is 4.90. The Morgan fingerprint density at radius 3 is 2.37 bits per heavy atom. The molecule has 1 aliphatic heterocycles. The summed E-state index contributed by atoms with van der Waals surface area (Å²) in [7, 11) is -3.44. The van der Waals surface area contributed by atoms with Crippen LogP contribution in [0.5, 0.6) is 0 Å². The first-order valence-corrected chi connectivity index (χ1v) is 11.0. The molecular formula is C19H20BrFN2O3S. The van der Waals surface area contributed by atoms with Crippen molar-refractivity contribution in [1.29, 1.82) is 0 Å². The van der Waals surface area contributed by atoms with Gasteiger partial charge >= 0.3 is 0 Å². The van der Waals surface area contributed by atoms with Gasteiger partial charge in [-0.2, -0.15) is 0 Å². The summed E-state index contributed by atoms with van der Waals surface area (Å²) in [6.07, 6.45) is 0.833. The molecule has 1 heterocycles. The summed E-state index contributed by atoms with van der Waals surface area (Å²) in [6.45, 7) is 0.572. The number of piperidine rings is 1. The third kappa shape index (κ3) is 5.15. The van der Waals surface area contributed by atoms with E-state index in [0.717, 1.165) is 10.0 Å². The lowest BCUT2D eigenvalue weighted by atomic mass is 9.97. The van der Waals surface area contributed by atoms with Gasteiger partial charge in [-0.15, -0.1) is 0 Å². The third-order valence-corrected chi connectivity index (χ3v) is 6.99. The molecule has 0 bridgehead atoms. The van der Waals surface area contributed by atoms with Crippen LogP contribution in [0.2, 0.25) is 0 Å². The summed E-state index contributed by atoms with van der Waals surface area (Å²) in [5, 5.41) is 2.59. The topological polar surface area (TPSA) is 66.5 Å². The summed E-state index contributed by atoms with van der Waals surface area (Å²) < 4.78 is 41.2. The minimum atomic E-state index is -3.44. The van der Waals surface area contributed by atoms with Crippen molar-refractivity contribution in [3.63, 3.8) is 0 Å². The molecule has 0 atom stereocenters. The first-order valence-electron chi connectivity index (χ1n) is 8.63. The fourth-order valence-electron chi connectivity index (χ4n) is 3.08. The number of amides is 1. The van der Waals surface area contributed by atoms with Crippen LogP contribution in [0.3, 0.4) is 0 Å². The molecule has 1 fully saturated rings. The molecule has 0 spiro atoms. The molecule has 2 aromatic rings. The minimum Gasteiger partial charge on any atom is -0.323 e. The molecule has 1 amide bonds. The quantitative estimate of drug-likeness (QED) is 0.747. The van der Waals surface area contributed by atoms with Crippen LogP contribution in [0, 0.1) is 11.7 Å². The number of para-hydroxylation sites is 1. The number of anilines is 1. The highest BCUT2D eigenvalue weighted by molar-refractivity contribution is 9.10. The highest BCUT2D eigenvalue weighted by Gasteiger charge is 2.31. The molecule has 3 rings (SSSR count). The zero-order chi connectivity index (χ0) is 19.4. The van der Waals surface area contributed by atoms with Gasteiger partial charge in [0.1, 0.15) is 5.82 Å². The lowest BCUT2D eigenvalue weighted by Gasteiger charge is -2.30. The Balaban J connectivity index is 1.57. The van der Waals surface area contributed by atoms with Crippen molar-refractivity contribution in [3.8, 4) is 0 Å². The molecule has 0 aliphatic carbocycles. The number of rotatable bonds is 5. The molecule has 27 heavy (non-hydrogen) atoms. The first kappa shape index (κ1) is 20.0. The third-order valence-electron chi connectivity index (χ3n) is 4.61. The standard InChI is InChI=1S/C19H20BrFN2O3S/c20-16-7-5-14(6-8-16)13-27(25,26)23-11-9-15(10-12-23)19(24)22-18-4-2-1-3-17(18)21/h1-8,15H,9-13H2,(H,22,24). The fraction of sp³-hybridized carbons (Fsp3) is 0.316. The Morgan fingerprint density at radius 2 is 1.74 bits per heavy atom. The van der Waals surface area contributed by atoms with Crippen molar-refractivity contribution in [1.82, 2.24) is 4.31 Å². The second kappa shape index (κ2) is 8.50. The van der Waals surface area contributed by atoms with E-state index in [0.29, 0.717) is 12.8 Å². The smallest absolute Gasteiger partial charge is 0.227 e. The van der Waals surface area contributed by atoms with Crippen molar-refractivity contribution in [2.24, 2.45) is 5.92 Å². The van der Waals surface area contributed by atoms with Gasteiger partial charge in [0.2, 0.25) is 15.9 Å². The summed E-state index contributed by atoms with van der Waals surface area (Å²) in [5.74, 6) is -1.15. The molecule has 0 radical (unpaired) electrons. The van der Waals surface area contributed by atoms with Crippen LogP contribution >= 0.6 is 15.9 Å². The average molecular weight is 455 g/mol. The van der Waals surface area contributed by atoms with Crippen molar-refractivity contribution >= 4 is 37.5 Å². The Bertz CT molecular complexity index is 911. The number of nitrogens with zero attached hydrogens (tertiary/aromatic N) is 1. The highest BCUT2D eigenvalue weighted by Crippen LogP contribution is 2.24. The van der Waals surface area contributed by atoms with Gasteiger partial charge in [-0.1, -0.05) is 40.2 Å². The maximum atomic E-state index is 13.7. The second-order valence-corrected chi connectivity index (χ2v) is 9.41. The van der Waals surface area contributed by atoms with E-state index in [9.17, 15) is 17.6 Å². The van der Waals surface area contributed by atoms with E-state index in [1.165, 1.54) is 16.4 Å². The number of hydrogen-bond acceptors (Lipinski definition) is 3. The zero-order valence-corrected chi connectivity index (χ0v) is 17.0. The molecule has 1 aliphatic rings. The maximum Gasteiger partial charge on any atom is 0.227 e. The zero-order valence-electron chi connectivity index (χ0n) is 14.6. The number of benzene rings is 2. The number of nitrogens with one attached hydrogen (secondary N) is 1. The molecule has 2 aromatic carbocycles. The second-order valence-electron chi connectivity index (χ2n) is 6.53. The van der Waals surface area contributed by atoms with E-state index < -0.39 is 15.8 Å². The lowest BCUT2D eigenvalue weighted by molar-refractivity contribution is -0.120. The Kier molecular flexibility index (Phi) is 6.29. The number of halogens is 2. The van der Waals surface area contributed by atoms with Crippen molar-refractivity contribution in [2.75, 3.05) is 18.4 Å². The van der Waals surface area contributed by atoms with Crippen molar-refractivity contribution in [3.05, 3.63) is 64.4 Å². The molecule has 8 heteroatoms. The van der Waals surface area contributed by atoms with Crippen LogP contribution in [-0.4, -0.2) is 31.7 Å². The number of carbonyl (C=O) groups excluding carboxylic acids is 1. The van der Waals surface area contributed by atoms with Crippen LogP contribution < -0.4 is 5.32 Å². The van der Waals surface area contributed by atoms with Gasteiger partial charge in [0.05, 0.1) is 11.4 Å². The van der Waals surface area contributed by atoms with Crippen LogP contribution in [0.1, 0.15) is 18.4 Å². The van der Waals surface area contributed by atoms with Gasteiger partial charge in [-0.05, 0) is 42.7 Å². The predicted molar refractivity (Wildman–Crippen MR) is 106 cm³/mol. The molecular weight excluding hydrogens is 435 g/mol. The lowest BCUT2D eigenvalue weighted by Crippen LogP contribution is -2.41. The number of sulfonamides is 1. The summed E-state index contributed by atoms with van der Waals surface area (Å²) >= 11 is 3.33. The summed E-state index contributed by atoms with van der Waals surface area (Å²) in [4.78, 5) is 12.3. The highest BCUT2D eigenvalue weighted by atomic mass is 79.9. The van der Waals surface area contributed by atoms with Gasteiger partial charge in [0.25, 0.3) is 0 Å². The van der Waals surface area contributed by atoms with E-state index in [4.69, 9.17) is 0 Å². The normalized spacial score (nSPS) is 16.2. The van der Waals surface area contributed by atoms with Crippen LogP contribution in [-0.2, 0) is 20.6 Å². The van der Waals surface area contributed by atoms with Gasteiger partial charge in [-0.3, -0.25) is 4.79 Å². The monoisotopic (exact) mass is 454 g/mol. The van der Waals surface area contributed by atoms with Gasteiger partial charge in [-0.25, -0.2) is 17.1 Å². The van der Waals surface area contributed by atoms with Crippen molar-refractivity contribution in [2.45, 2.75) is 18.6 Å². The molecule has 144 valence electrons. The van der Waals surface area contributed by atoms with Crippen LogP contribution in [0.25, 0.3) is 0 Å². The molecule has 5 nitrogen and oxygen atoms in total. The first-order chi connectivity index (χ1) is 12.8. The Morgan fingerprint density at radius 1 is 1.11 bits per heavy atom. The Labute approximate surface area is 166 Å². The van der Waals surface area contributed by atoms with Crippen molar-refractivity contribution < 1.29 is 17.6 Å². The molecule has 0 saturated carbocycles. The van der Waals surface area contributed by atoms with E-state index in [-0.39, 0.29) is 36.4 Å². The number of hydrogen-bond donors (Lipinski definition) is 1. The molecule has 1 saturated heterocycles. The molecule has 0 aromatic heterocycles. The van der Waals surface area contributed by atoms with Gasteiger partial charge in [0, 0.05) is 23.5 Å². The Hall–Kier alpha value is -1.77. The van der Waals surface area contributed by atoms with E-state index in [1.54, 1.807) is 24.3 Å². The average Bonchev–Trinajstić information content (AvgIpc) is 2.65. The predicted octanol–water partition coefficient (Wildman–Crippen LogP) is 3.77. The van der Waals surface area contributed by atoms with E-state index in [2.05, 4.69) is 21.2 Å². The van der Waals surface area contributed by atoms with Crippen LogP contribution in [0.4, 0.5) is 10.1 Å². The largest absolute Gasteiger partial charge is 0.323 e. The minimum absolute atomic E-state index is 0.0631. The van der Waals surface area contributed by atoms with E-state index >= 15 is 0 Å². The maximum absolute atomic E-state index is 13.7. The van der Waals surface area contributed by atoms with Gasteiger partial charge < -0.3 is 5.32 Å². The number of carbonyl (C=O) groups is 1. The molecule has 0 unspecified atom stereocenters. The van der Waals surface area contributed by atoms with Crippen LogP contribution in [0.15, 0.2) is 53.0 Å². The summed E-state index contributed by atoms with van der Waals surface area (Å²) in [6, 6.07) is 13.2. The summed E-state index contributed by atoms with van der Waals surface area (Å²) in [5.41, 5.74) is 0.866. The van der Waals surface area contributed by atoms with Gasteiger partial charge in [0.15, 0.2) is 0 Å².